The number of pyridine rings is 1. The summed E-state index contributed by atoms with van der Waals surface area (Å²) in [5, 5.41) is 3.24. The summed E-state index contributed by atoms with van der Waals surface area (Å²) < 4.78 is 9.41. The van der Waals surface area contributed by atoms with Gasteiger partial charge in [-0.1, -0.05) is 6.07 Å². The SMILES string of the molecule is CCn1ccnc1[C@@H](NC(=O)c1cccc2nccn12)C1CCOCC1. The maximum atomic E-state index is 13.1. The van der Waals surface area contributed by atoms with E-state index in [2.05, 4.69) is 26.8 Å². The van der Waals surface area contributed by atoms with Gasteiger partial charge in [0.2, 0.25) is 0 Å². The molecule has 26 heavy (non-hydrogen) atoms. The fraction of sp³-hybridized carbons (Fsp3) is 0.421. The van der Waals surface area contributed by atoms with Crippen molar-refractivity contribution in [2.45, 2.75) is 32.4 Å². The van der Waals surface area contributed by atoms with E-state index in [9.17, 15) is 4.79 Å². The van der Waals surface area contributed by atoms with Crippen molar-refractivity contribution in [1.29, 1.82) is 0 Å². The molecule has 0 unspecified atom stereocenters. The summed E-state index contributed by atoms with van der Waals surface area (Å²) in [6, 6.07) is 5.42. The first-order chi connectivity index (χ1) is 12.8. The zero-order chi connectivity index (χ0) is 17.9. The molecule has 0 aliphatic carbocycles. The summed E-state index contributed by atoms with van der Waals surface area (Å²) in [5.41, 5.74) is 1.34. The fourth-order valence-electron chi connectivity index (χ4n) is 3.66. The van der Waals surface area contributed by atoms with E-state index in [1.54, 1.807) is 18.6 Å². The Kier molecular flexibility index (Phi) is 4.71. The van der Waals surface area contributed by atoms with Crippen molar-refractivity contribution < 1.29 is 9.53 Å². The number of nitrogens with zero attached hydrogens (tertiary/aromatic N) is 4. The van der Waals surface area contributed by atoms with Crippen LogP contribution in [0, 0.1) is 5.92 Å². The van der Waals surface area contributed by atoms with Gasteiger partial charge in [-0.3, -0.25) is 9.20 Å². The van der Waals surface area contributed by atoms with Gasteiger partial charge in [0.25, 0.3) is 5.91 Å². The van der Waals surface area contributed by atoms with Crippen LogP contribution in [-0.2, 0) is 11.3 Å². The maximum absolute atomic E-state index is 13.1. The Hall–Kier alpha value is -2.67. The molecule has 1 fully saturated rings. The molecule has 136 valence electrons. The second-order valence-electron chi connectivity index (χ2n) is 6.54. The van der Waals surface area contributed by atoms with Crippen molar-refractivity contribution in [1.82, 2.24) is 24.3 Å². The number of amides is 1. The monoisotopic (exact) mass is 353 g/mol. The second-order valence-corrected chi connectivity index (χ2v) is 6.54. The van der Waals surface area contributed by atoms with Gasteiger partial charge in [0, 0.05) is 44.5 Å². The Morgan fingerprint density at radius 3 is 2.88 bits per heavy atom. The van der Waals surface area contributed by atoms with Crippen LogP contribution in [0.3, 0.4) is 0 Å². The molecule has 1 N–H and O–H groups in total. The Bertz CT molecular complexity index is 894. The predicted molar refractivity (Wildman–Crippen MR) is 96.8 cm³/mol. The van der Waals surface area contributed by atoms with E-state index in [-0.39, 0.29) is 11.9 Å². The van der Waals surface area contributed by atoms with Gasteiger partial charge >= 0.3 is 0 Å². The number of ether oxygens (including phenoxy) is 1. The average molecular weight is 353 g/mol. The number of fused-ring (bicyclic) bond motifs is 1. The van der Waals surface area contributed by atoms with E-state index >= 15 is 0 Å². The van der Waals surface area contributed by atoms with Gasteiger partial charge in [-0.25, -0.2) is 9.97 Å². The number of carbonyl (C=O) groups excluding carboxylic acids is 1. The zero-order valence-electron chi connectivity index (χ0n) is 14.8. The summed E-state index contributed by atoms with van der Waals surface area (Å²) in [5.74, 6) is 1.10. The van der Waals surface area contributed by atoms with E-state index < -0.39 is 0 Å². The molecule has 1 atom stereocenters. The van der Waals surface area contributed by atoms with Crippen LogP contribution in [0.15, 0.2) is 43.0 Å². The maximum Gasteiger partial charge on any atom is 0.268 e. The number of rotatable bonds is 5. The minimum Gasteiger partial charge on any atom is -0.381 e. The topological polar surface area (TPSA) is 73.5 Å². The normalized spacial score (nSPS) is 16.7. The molecule has 1 aliphatic rings. The van der Waals surface area contributed by atoms with Gasteiger partial charge in [-0.2, -0.15) is 0 Å². The van der Waals surface area contributed by atoms with Gasteiger partial charge in [0.1, 0.15) is 17.2 Å². The summed E-state index contributed by atoms with van der Waals surface area (Å²) >= 11 is 0. The first kappa shape index (κ1) is 16.8. The van der Waals surface area contributed by atoms with Crippen LogP contribution in [0.4, 0.5) is 0 Å². The number of hydrogen-bond donors (Lipinski definition) is 1. The Balaban J connectivity index is 1.66. The van der Waals surface area contributed by atoms with E-state index in [1.807, 2.05) is 28.8 Å². The first-order valence-electron chi connectivity index (χ1n) is 9.09. The molecule has 7 nitrogen and oxygen atoms in total. The van der Waals surface area contributed by atoms with Crippen LogP contribution >= 0.6 is 0 Å². The number of hydrogen-bond acceptors (Lipinski definition) is 4. The molecular formula is C19H23N5O2. The Morgan fingerprint density at radius 1 is 1.27 bits per heavy atom. The minimum absolute atomic E-state index is 0.115. The lowest BCUT2D eigenvalue weighted by molar-refractivity contribution is 0.0497. The van der Waals surface area contributed by atoms with E-state index in [4.69, 9.17) is 4.74 Å². The highest BCUT2D eigenvalue weighted by Gasteiger charge is 2.30. The molecule has 3 aromatic rings. The third-order valence-corrected chi connectivity index (χ3v) is 5.05. The van der Waals surface area contributed by atoms with Gasteiger partial charge in [0.05, 0.1) is 6.04 Å². The summed E-state index contributed by atoms with van der Waals surface area (Å²) in [4.78, 5) is 21.9. The summed E-state index contributed by atoms with van der Waals surface area (Å²) in [6.45, 7) is 4.35. The summed E-state index contributed by atoms with van der Waals surface area (Å²) in [6.07, 6.45) is 9.10. The molecule has 1 saturated heterocycles. The number of aromatic nitrogens is 4. The number of nitrogens with one attached hydrogen (secondary N) is 1. The lowest BCUT2D eigenvalue weighted by Crippen LogP contribution is -2.38. The van der Waals surface area contributed by atoms with Gasteiger partial charge in [0.15, 0.2) is 0 Å². The number of imidazole rings is 2. The van der Waals surface area contributed by atoms with Crippen LogP contribution in [-0.4, -0.2) is 38.1 Å². The molecule has 0 saturated carbocycles. The number of carbonyl (C=O) groups is 1. The standard InChI is InChI=1S/C19H23N5O2/c1-2-23-10-8-21-18(23)17(14-6-12-26-13-7-14)22-19(25)15-4-3-5-16-20-9-11-24(15)16/h3-5,8-11,14,17H,2,6-7,12-13H2,1H3,(H,22,25)/t17-/m0/s1. The zero-order valence-corrected chi connectivity index (χ0v) is 14.8. The van der Waals surface area contributed by atoms with Crippen LogP contribution in [0.1, 0.15) is 42.1 Å². The van der Waals surface area contributed by atoms with Crippen molar-refractivity contribution in [3.05, 3.63) is 54.5 Å². The summed E-state index contributed by atoms with van der Waals surface area (Å²) in [7, 11) is 0. The highest BCUT2D eigenvalue weighted by atomic mass is 16.5. The predicted octanol–water partition coefficient (Wildman–Crippen LogP) is 2.45. The van der Waals surface area contributed by atoms with Gasteiger partial charge in [-0.05, 0) is 37.8 Å². The molecule has 0 aromatic carbocycles. The molecule has 0 spiro atoms. The molecule has 0 bridgehead atoms. The quantitative estimate of drug-likeness (QED) is 0.765. The lowest BCUT2D eigenvalue weighted by atomic mass is 9.91. The van der Waals surface area contributed by atoms with E-state index in [1.165, 1.54) is 0 Å². The van der Waals surface area contributed by atoms with Gasteiger partial charge < -0.3 is 14.6 Å². The largest absolute Gasteiger partial charge is 0.381 e. The molecule has 4 heterocycles. The number of aryl methyl sites for hydroxylation is 1. The molecule has 0 radical (unpaired) electrons. The van der Waals surface area contributed by atoms with Gasteiger partial charge in [-0.15, -0.1) is 0 Å². The highest BCUT2D eigenvalue weighted by molar-refractivity contribution is 5.93. The average Bonchev–Trinajstić information content (AvgIpc) is 3.35. The lowest BCUT2D eigenvalue weighted by Gasteiger charge is -2.31. The minimum atomic E-state index is -0.139. The third-order valence-electron chi connectivity index (χ3n) is 5.05. The molecule has 7 heteroatoms. The highest BCUT2D eigenvalue weighted by Crippen LogP contribution is 2.29. The third kappa shape index (κ3) is 3.10. The first-order valence-corrected chi connectivity index (χ1v) is 9.09. The molecule has 4 rings (SSSR count). The molecule has 1 aliphatic heterocycles. The smallest absolute Gasteiger partial charge is 0.268 e. The molecular weight excluding hydrogens is 330 g/mol. The Morgan fingerprint density at radius 2 is 2.08 bits per heavy atom. The fourth-order valence-corrected chi connectivity index (χ4v) is 3.66. The van der Waals surface area contributed by atoms with Crippen molar-refractivity contribution in [3.63, 3.8) is 0 Å². The molecule has 3 aromatic heterocycles. The second kappa shape index (κ2) is 7.29. The van der Waals surface area contributed by atoms with Crippen LogP contribution < -0.4 is 5.32 Å². The van der Waals surface area contributed by atoms with Crippen LogP contribution in [0.2, 0.25) is 0 Å². The van der Waals surface area contributed by atoms with Crippen molar-refractivity contribution >= 4 is 11.6 Å². The van der Waals surface area contributed by atoms with Crippen molar-refractivity contribution in [2.24, 2.45) is 5.92 Å². The van der Waals surface area contributed by atoms with Crippen molar-refractivity contribution in [3.8, 4) is 0 Å². The van der Waals surface area contributed by atoms with E-state index in [0.717, 1.165) is 44.1 Å². The molecule has 1 amide bonds. The Labute approximate surface area is 152 Å². The van der Waals surface area contributed by atoms with Crippen LogP contribution in [0.25, 0.3) is 5.65 Å². The van der Waals surface area contributed by atoms with Crippen molar-refractivity contribution in [2.75, 3.05) is 13.2 Å². The van der Waals surface area contributed by atoms with Crippen LogP contribution in [0.5, 0.6) is 0 Å². The van der Waals surface area contributed by atoms with E-state index in [0.29, 0.717) is 11.6 Å².